The van der Waals surface area contributed by atoms with Crippen molar-refractivity contribution in [3.05, 3.63) is 35.7 Å². The molecule has 2 aromatic rings. The molecular weight excluding hydrogens is 304 g/mol. The number of nitrogens with one attached hydrogen (secondary N) is 1. The number of nitrogens with two attached hydrogens (primary N) is 1. The van der Waals surface area contributed by atoms with Crippen molar-refractivity contribution in [3.63, 3.8) is 0 Å². The van der Waals surface area contributed by atoms with E-state index in [4.69, 9.17) is 10.5 Å². The number of hydrogen-bond acceptors (Lipinski definition) is 7. The van der Waals surface area contributed by atoms with Crippen LogP contribution in [0, 0.1) is 6.92 Å². The van der Waals surface area contributed by atoms with Crippen molar-refractivity contribution < 1.29 is 4.74 Å². The van der Waals surface area contributed by atoms with Gasteiger partial charge in [-0.05, 0) is 44.5 Å². The van der Waals surface area contributed by atoms with Crippen molar-refractivity contribution in [2.24, 2.45) is 0 Å². The molecule has 0 saturated carbocycles. The van der Waals surface area contributed by atoms with Crippen LogP contribution in [0.15, 0.2) is 24.3 Å². The summed E-state index contributed by atoms with van der Waals surface area (Å²) in [7, 11) is 2.04. The lowest BCUT2D eigenvalue weighted by molar-refractivity contribution is 0.0786. The molecule has 2 heterocycles. The van der Waals surface area contributed by atoms with Crippen LogP contribution in [-0.2, 0) is 11.3 Å². The van der Waals surface area contributed by atoms with Crippen LogP contribution in [-0.4, -0.2) is 46.2 Å². The minimum Gasteiger partial charge on any atom is -0.377 e. The van der Waals surface area contributed by atoms with Gasteiger partial charge in [-0.25, -0.2) is 0 Å². The predicted molar refractivity (Wildman–Crippen MR) is 94.0 cm³/mol. The van der Waals surface area contributed by atoms with Crippen LogP contribution in [0.1, 0.15) is 24.2 Å². The van der Waals surface area contributed by atoms with Gasteiger partial charge in [-0.15, -0.1) is 0 Å². The summed E-state index contributed by atoms with van der Waals surface area (Å²) in [6.07, 6.45) is 2.56. The summed E-state index contributed by atoms with van der Waals surface area (Å²) in [5.41, 5.74) is 7.93. The highest BCUT2D eigenvalue weighted by Crippen LogP contribution is 2.16. The van der Waals surface area contributed by atoms with Gasteiger partial charge >= 0.3 is 0 Å². The fraction of sp³-hybridized carbons (Fsp3) is 0.471. The number of benzene rings is 1. The lowest BCUT2D eigenvalue weighted by atomic mass is 10.2. The Balaban J connectivity index is 1.66. The Morgan fingerprint density at radius 1 is 1.33 bits per heavy atom. The number of rotatable bonds is 6. The van der Waals surface area contributed by atoms with Crippen LogP contribution in [0.3, 0.4) is 0 Å². The Hall–Kier alpha value is -2.25. The summed E-state index contributed by atoms with van der Waals surface area (Å²) < 4.78 is 5.67. The maximum Gasteiger partial charge on any atom is 0.232 e. The standard InChI is InChI=1S/C17H24N6O/c1-12-5-3-6-13(9-12)19-17-21-15(20-16(18)22-17)11-23(2)10-14-7-4-8-24-14/h3,5-6,9,14H,4,7-8,10-11H2,1-2H3,(H3,18,19,20,21,22)/t14-/m1/s1. The van der Waals surface area contributed by atoms with Gasteiger partial charge < -0.3 is 15.8 Å². The number of likely N-dealkylation sites (N-methyl/N-ethyl adjacent to an activating group) is 1. The third-order valence-electron chi connectivity index (χ3n) is 3.92. The highest BCUT2D eigenvalue weighted by Gasteiger charge is 2.18. The molecule has 3 N–H and O–H groups in total. The Bertz CT molecular complexity index is 687. The van der Waals surface area contributed by atoms with E-state index in [1.807, 2.05) is 38.2 Å². The predicted octanol–water partition coefficient (Wildman–Crippen LogP) is 2.12. The topological polar surface area (TPSA) is 89.2 Å². The summed E-state index contributed by atoms with van der Waals surface area (Å²) in [5.74, 6) is 1.34. The van der Waals surface area contributed by atoms with E-state index in [-0.39, 0.29) is 5.95 Å². The maximum absolute atomic E-state index is 5.84. The maximum atomic E-state index is 5.84. The van der Waals surface area contributed by atoms with Gasteiger partial charge in [0.05, 0.1) is 12.6 Å². The second kappa shape index (κ2) is 7.55. The first kappa shape index (κ1) is 16.6. The van der Waals surface area contributed by atoms with Crippen LogP contribution >= 0.6 is 0 Å². The van der Waals surface area contributed by atoms with Crippen molar-refractivity contribution in [2.45, 2.75) is 32.4 Å². The van der Waals surface area contributed by atoms with Gasteiger partial charge in [0, 0.05) is 18.8 Å². The van der Waals surface area contributed by atoms with E-state index in [9.17, 15) is 0 Å². The molecule has 1 aliphatic rings. The van der Waals surface area contributed by atoms with Crippen molar-refractivity contribution in [3.8, 4) is 0 Å². The molecule has 0 amide bonds. The Kier molecular flexibility index (Phi) is 5.22. The zero-order valence-electron chi connectivity index (χ0n) is 14.2. The molecule has 7 heteroatoms. The average Bonchev–Trinajstić information content (AvgIpc) is 2.99. The fourth-order valence-electron chi connectivity index (χ4n) is 2.86. The molecule has 0 radical (unpaired) electrons. The molecular formula is C17H24N6O. The van der Waals surface area contributed by atoms with Crippen molar-refractivity contribution in [1.82, 2.24) is 19.9 Å². The zero-order chi connectivity index (χ0) is 16.9. The van der Waals surface area contributed by atoms with Gasteiger partial charge in [-0.1, -0.05) is 12.1 Å². The zero-order valence-corrected chi connectivity index (χ0v) is 14.2. The highest BCUT2D eigenvalue weighted by molar-refractivity contribution is 5.54. The van der Waals surface area contributed by atoms with E-state index < -0.39 is 0 Å². The Morgan fingerprint density at radius 3 is 2.96 bits per heavy atom. The van der Waals surface area contributed by atoms with Crippen LogP contribution in [0.2, 0.25) is 0 Å². The van der Waals surface area contributed by atoms with Gasteiger partial charge in [0.15, 0.2) is 0 Å². The first-order valence-electron chi connectivity index (χ1n) is 8.23. The van der Waals surface area contributed by atoms with Gasteiger partial charge in [0.25, 0.3) is 0 Å². The molecule has 1 saturated heterocycles. The number of anilines is 3. The van der Waals surface area contributed by atoms with Crippen molar-refractivity contribution >= 4 is 17.6 Å². The van der Waals surface area contributed by atoms with Crippen LogP contribution < -0.4 is 11.1 Å². The van der Waals surface area contributed by atoms with E-state index >= 15 is 0 Å². The molecule has 0 bridgehead atoms. The molecule has 3 rings (SSSR count). The molecule has 1 fully saturated rings. The number of hydrogen-bond donors (Lipinski definition) is 2. The summed E-state index contributed by atoms with van der Waals surface area (Å²) in [6, 6.07) is 8.02. The summed E-state index contributed by atoms with van der Waals surface area (Å²) in [4.78, 5) is 15.0. The SMILES string of the molecule is Cc1cccc(Nc2nc(N)nc(CN(C)C[C@H]3CCCO3)n2)c1. The molecule has 0 unspecified atom stereocenters. The third kappa shape index (κ3) is 4.62. The van der Waals surface area contributed by atoms with Crippen LogP contribution in [0.4, 0.5) is 17.6 Å². The summed E-state index contributed by atoms with van der Waals surface area (Å²) >= 11 is 0. The Morgan fingerprint density at radius 2 is 2.21 bits per heavy atom. The molecule has 0 spiro atoms. The minimum atomic E-state index is 0.223. The molecule has 24 heavy (non-hydrogen) atoms. The van der Waals surface area contributed by atoms with Gasteiger partial charge in [0.2, 0.25) is 11.9 Å². The second-order valence-corrected chi connectivity index (χ2v) is 6.26. The van der Waals surface area contributed by atoms with Crippen molar-refractivity contribution in [1.29, 1.82) is 0 Å². The van der Waals surface area contributed by atoms with Crippen LogP contribution in [0.5, 0.6) is 0 Å². The molecule has 1 aromatic carbocycles. The minimum absolute atomic E-state index is 0.223. The third-order valence-corrected chi connectivity index (χ3v) is 3.92. The van der Waals surface area contributed by atoms with E-state index in [1.54, 1.807) is 0 Å². The normalized spacial score (nSPS) is 17.4. The summed E-state index contributed by atoms with van der Waals surface area (Å²) in [6.45, 7) is 4.38. The van der Waals surface area contributed by atoms with Gasteiger partial charge in [0.1, 0.15) is 5.82 Å². The average molecular weight is 328 g/mol. The molecule has 128 valence electrons. The Labute approximate surface area is 142 Å². The fourth-order valence-corrected chi connectivity index (χ4v) is 2.86. The first-order chi connectivity index (χ1) is 11.6. The second-order valence-electron chi connectivity index (χ2n) is 6.26. The molecule has 1 atom stereocenters. The molecule has 1 aliphatic heterocycles. The highest BCUT2D eigenvalue weighted by atomic mass is 16.5. The number of aromatic nitrogens is 3. The quantitative estimate of drug-likeness (QED) is 0.839. The first-order valence-corrected chi connectivity index (χ1v) is 8.23. The lowest BCUT2D eigenvalue weighted by Gasteiger charge is -2.19. The number of aryl methyl sites for hydroxylation is 1. The largest absolute Gasteiger partial charge is 0.377 e. The van der Waals surface area contributed by atoms with E-state index in [2.05, 4.69) is 25.2 Å². The van der Waals surface area contributed by atoms with Crippen LogP contribution in [0.25, 0.3) is 0 Å². The van der Waals surface area contributed by atoms with Gasteiger partial charge in [-0.3, -0.25) is 4.90 Å². The van der Waals surface area contributed by atoms with E-state index in [1.165, 1.54) is 5.56 Å². The number of ether oxygens (including phenoxy) is 1. The molecule has 7 nitrogen and oxygen atoms in total. The summed E-state index contributed by atoms with van der Waals surface area (Å²) in [5, 5.41) is 3.19. The molecule has 1 aromatic heterocycles. The molecule has 0 aliphatic carbocycles. The number of nitrogen functional groups attached to an aromatic ring is 1. The smallest absolute Gasteiger partial charge is 0.232 e. The number of nitrogens with zero attached hydrogens (tertiary/aromatic N) is 4. The van der Waals surface area contributed by atoms with E-state index in [0.717, 1.165) is 31.7 Å². The monoisotopic (exact) mass is 328 g/mol. The lowest BCUT2D eigenvalue weighted by Crippen LogP contribution is -2.29. The van der Waals surface area contributed by atoms with Gasteiger partial charge in [-0.2, -0.15) is 15.0 Å². The van der Waals surface area contributed by atoms with E-state index in [0.29, 0.717) is 24.4 Å². The van der Waals surface area contributed by atoms with Crippen molar-refractivity contribution in [2.75, 3.05) is 31.2 Å².